The van der Waals surface area contributed by atoms with Gasteiger partial charge in [0.1, 0.15) is 10.6 Å². The van der Waals surface area contributed by atoms with Crippen LogP contribution in [0.4, 0.5) is 0 Å². The molecule has 21 heavy (non-hydrogen) atoms. The molecule has 0 aliphatic carbocycles. The Labute approximate surface area is 122 Å². The molecule has 0 saturated carbocycles. The maximum Gasteiger partial charge on any atom is 0.264 e. The van der Waals surface area contributed by atoms with E-state index in [0.29, 0.717) is 5.69 Å². The number of H-pyrrole nitrogens is 2. The Hall–Kier alpha value is -2.06. The third kappa shape index (κ3) is 3.34. The molecular weight excluding hydrogens is 294 g/mol. The standard InChI is InChI=1S/C13H17N3O4S/c1-8-4-11(20-3)12(5-9(8)2)21(18,19)14-7-10-6-13(17)16-15-10/h4-6,14H,7H2,1-3H3,(H2,15,16,17). The van der Waals surface area contributed by atoms with Crippen LogP contribution in [0.1, 0.15) is 16.8 Å². The van der Waals surface area contributed by atoms with E-state index >= 15 is 0 Å². The predicted octanol–water partition coefficient (Wildman–Crippen LogP) is 0.807. The second kappa shape index (κ2) is 5.74. The van der Waals surface area contributed by atoms with E-state index in [1.165, 1.54) is 13.2 Å². The van der Waals surface area contributed by atoms with Gasteiger partial charge in [0.2, 0.25) is 10.0 Å². The van der Waals surface area contributed by atoms with Gasteiger partial charge in [-0.1, -0.05) is 0 Å². The Kier molecular flexibility index (Phi) is 4.19. The first kappa shape index (κ1) is 15.3. The van der Waals surface area contributed by atoms with Gasteiger partial charge in [0.15, 0.2) is 0 Å². The quantitative estimate of drug-likeness (QED) is 0.760. The number of benzene rings is 1. The molecule has 0 amide bonds. The predicted molar refractivity (Wildman–Crippen MR) is 77.9 cm³/mol. The number of aromatic nitrogens is 2. The van der Waals surface area contributed by atoms with Crippen LogP contribution in [-0.2, 0) is 16.6 Å². The fraction of sp³-hybridized carbons (Fsp3) is 0.308. The summed E-state index contributed by atoms with van der Waals surface area (Å²) in [5, 5.41) is 4.93. The van der Waals surface area contributed by atoms with Crippen molar-refractivity contribution in [3.63, 3.8) is 0 Å². The van der Waals surface area contributed by atoms with Crippen molar-refractivity contribution >= 4 is 10.0 Å². The topological polar surface area (TPSA) is 104 Å². The monoisotopic (exact) mass is 311 g/mol. The van der Waals surface area contributed by atoms with Crippen LogP contribution in [0.3, 0.4) is 0 Å². The molecule has 1 aromatic carbocycles. The van der Waals surface area contributed by atoms with Crippen molar-refractivity contribution in [3.8, 4) is 5.75 Å². The molecule has 1 aromatic heterocycles. The van der Waals surface area contributed by atoms with E-state index in [1.54, 1.807) is 12.1 Å². The van der Waals surface area contributed by atoms with E-state index in [-0.39, 0.29) is 22.7 Å². The first-order valence-corrected chi connectivity index (χ1v) is 7.73. The Morgan fingerprint density at radius 3 is 2.38 bits per heavy atom. The summed E-state index contributed by atoms with van der Waals surface area (Å²) in [6.45, 7) is 3.70. The summed E-state index contributed by atoms with van der Waals surface area (Å²) in [5.74, 6) is 0.285. The molecule has 0 atom stereocenters. The second-order valence-electron chi connectivity index (χ2n) is 4.70. The molecule has 0 aliphatic heterocycles. The highest BCUT2D eigenvalue weighted by Crippen LogP contribution is 2.27. The number of hydrogen-bond donors (Lipinski definition) is 3. The Bertz CT molecular complexity index is 805. The average molecular weight is 311 g/mol. The van der Waals surface area contributed by atoms with Crippen molar-refractivity contribution in [3.05, 3.63) is 45.4 Å². The van der Waals surface area contributed by atoms with Crippen LogP contribution in [0.5, 0.6) is 5.75 Å². The van der Waals surface area contributed by atoms with Crippen LogP contribution in [0.25, 0.3) is 0 Å². The number of aromatic amines is 2. The van der Waals surface area contributed by atoms with Crippen molar-refractivity contribution in [1.29, 1.82) is 0 Å². The molecule has 1 heterocycles. The largest absolute Gasteiger partial charge is 0.495 e. The van der Waals surface area contributed by atoms with Gasteiger partial charge in [0.25, 0.3) is 5.56 Å². The number of ether oxygens (including phenoxy) is 1. The van der Waals surface area contributed by atoms with E-state index < -0.39 is 10.0 Å². The minimum Gasteiger partial charge on any atom is -0.495 e. The van der Waals surface area contributed by atoms with E-state index in [0.717, 1.165) is 11.1 Å². The summed E-state index contributed by atoms with van der Waals surface area (Å²) in [5.41, 5.74) is 1.94. The Morgan fingerprint density at radius 2 is 1.81 bits per heavy atom. The number of nitrogens with one attached hydrogen (secondary N) is 3. The maximum atomic E-state index is 12.4. The van der Waals surface area contributed by atoms with E-state index in [2.05, 4.69) is 14.9 Å². The molecular formula is C13H17N3O4S. The molecule has 0 aliphatic rings. The first-order chi connectivity index (χ1) is 9.83. The van der Waals surface area contributed by atoms with E-state index in [1.807, 2.05) is 13.8 Å². The fourth-order valence-electron chi connectivity index (χ4n) is 1.85. The summed E-state index contributed by atoms with van der Waals surface area (Å²) in [6, 6.07) is 4.54. The molecule has 0 radical (unpaired) electrons. The van der Waals surface area contributed by atoms with Crippen molar-refractivity contribution in [2.24, 2.45) is 0 Å². The second-order valence-corrected chi connectivity index (χ2v) is 6.43. The van der Waals surface area contributed by atoms with Gasteiger partial charge in [0.05, 0.1) is 19.3 Å². The lowest BCUT2D eigenvalue weighted by Gasteiger charge is -2.12. The molecule has 7 nitrogen and oxygen atoms in total. The number of sulfonamides is 1. The van der Waals surface area contributed by atoms with Crippen LogP contribution >= 0.6 is 0 Å². The average Bonchev–Trinajstić information content (AvgIpc) is 2.85. The molecule has 0 unspecified atom stereocenters. The van der Waals surface area contributed by atoms with Gasteiger partial charge in [-0.15, -0.1) is 0 Å². The maximum absolute atomic E-state index is 12.4. The molecule has 0 fully saturated rings. The highest BCUT2D eigenvalue weighted by atomic mass is 32.2. The fourth-order valence-corrected chi connectivity index (χ4v) is 3.09. The Morgan fingerprint density at radius 1 is 1.14 bits per heavy atom. The van der Waals surface area contributed by atoms with E-state index in [9.17, 15) is 13.2 Å². The highest BCUT2D eigenvalue weighted by Gasteiger charge is 2.20. The zero-order valence-electron chi connectivity index (χ0n) is 12.0. The van der Waals surface area contributed by atoms with Gasteiger partial charge in [-0.3, -0.25) is 9.89 Å². The molecule has 0 saturated heterocycles. The van der Waals surface area contributed by atoms with Crippen molar-refractivity contribution in [2.75, 3.05) is 7.11 Å². The van der Waals surface area contributed by atoms with Gasteiger partial charge in [-0.05, 0) is 37.1 Å². The highest BCUT2D eigenvalue weighted by molar-refractivity contribution is 7.89. The smallest absolute Gasteiger partial charge is 0.264 e. The van der Waals surface area contributed by atoms with Crippen LogP contribution in [0.15, 0.2) is 27.9 Å². The number of rotatable bonds is 5. The van der Waals surface area contributed by atoms with Gasteiger partial charge in [0, 0.05) is 6.07 Å². The lowest BCUT2D eigenvalue weighted by Crippen LogP contribution is -2.24. The van der Waals surface area contributed by atoms with Crippen molar-refractivity contribution in [2.45, 2.75) is 25.3 Å². The molecule has 3 N–H and O–H groups in total. The summed E-state index contributed by atoms with van der Waals surface area (Å²) < 4.78 is 32.3. The number of methoxy groups -OCH3 is 1. The number of aryl methyl sites for hydroxylation is 2. The van der Waals surface area contributed by atoms with Crippen LogP contribution < -0.4 is 15.0 Å². The minimum absolute atomic E-state index is 0.0167. The van der Waals surface area contributed by atoms with Crippen LogP contribution in [0.2, 0.25) is 0 Å². The Balaban J connectivity index is 2.30. The lowest BCUT2D eigenvalue weighted by molar-refractivity contribution is 0.401. The molecule has 2 rings (SSSR count). The van der Waals surface area contributed by atoms with Crippen LogP contribution in [-0.4, -0.2) is 25.7 Å². The number of hydrogen-bond acceptors (Lipinski definition) is 4. The summed E-state index contributed by atoms with van der Waals surface area (Å²) in [6.07, 6.45) is 0. The lowest BCUT2D eigenvalue weighted by atomic mass is 10.1. The van der Waals surface area contributed by atoms with Gasteiger partial charge >= 0.3 is 0 Å². The minimum atomic E-state index is -3.74. The molecule has 0 bridgehead atoms. The first-order valence-electron chi connectivity index (χ1n) is 6.25. The zero-order valence-corrected chi connectivity index (χ0v) is 12.8. The van der Waals surface area contributed by atoms with Gasteiger partial charge < -0.3 is 9.84 Å². The van der Waals surface area contributed by atoms with Gasteiger partial charge in [-0.2, -0.15) is 0 Å². The van der Waals surface area contributed by atoms with Gasteiger partial charge in [-0.25, -0.2) is 13.1 Å². The summed E-state index contributed by atoms with van der Waals surface area (Å²) in [4.78, 5) is 11.1. The van der Waals surface area contributed by atoms with E-state index in [4.69, 9.17) is 4.74 Å². The van der Waals surface area contributed by atoms with Crippen LogP contribution in [0, 0.1) is 13.8 Å². The van der Waals surface area contributed by atoms with Crippen molar-refractivity contribution < 1.29 is 13.2 Å². The molecule has 8 heteroatoms. The SMILES string of the molecule is COc1cc(C)c(C)cc1S(=O)(=O)NCc1cc(=O)[nH][nH]1. The summed E-state index contributed by atoms with van der Waals surface area (Å²) in [7, 11) is -2.32. The third-order valence-electron chi connectivity index (χ3n) is 3.17. The molecule has 2 aromatic rings. The zero-order chi connectivity index (χ0) is 15.6. The summed E-state index contributed by atoms with van der Waals surface area (Å²) >= 11 is 0. The third-order valence-corrected chi connectivity index (χ3v) is 4.60. The van der Waals surface area contributed by atoms with Crippen molar-refractivity contribution in [1.82, 2.24) is 14.9 Å². The normalized spacial score (nSPS) is 11.6. The molecule has 0 spiro atoms. The molecule has 114 valence electrons.